The molecule has 0 fully saturated rings. The number of benzene rings is 2. The molecule has 0 saturated heterocycles. The maximum absolute atomic E-state index is 12.7. The Hall–Kier alpha value is -2.54. The predicted molar refractivity (Wildman–Crippen MR) is 111 cm³/mol. The van der Waals surface area contributed by atoms with Gasteiger partial charge in [-0.25, -0.2) is 8.42 Å². The fourth-order valence-electron chi connectivity index (χ4n) is 3.22. The van der Waals surface area contributed by atoms with E-state index in [0.29, 0.717) is 23.7 Å². The molecule has 1 amide bonds. The van der Waals surface area contributed by atoms with Crippen molar-refractivity contribution >= 4 is 27.3 Å². The Morgan fingerprint density at radius 3 is 2.57 bits per heavy atom. The van der Waals surface area contributed by atoms with Gasteiger partial charge in [0.25, 0.3) is 0 Å². The first-order chi connectivity index (χ1) is 13.1. The molecule has 28 heavy (non-hydrogen) atoms. The highest BCUT2D eigenvalue weighted by Crippen LogP contribution is 2.38. The summed E-state index contributed by atoms with van der Waals surface area (Å²) < 4.78 is 33.7. The van der Waals surface area contributed by atoms with Crippen LogP contribution in [0.3, 0.4) is 0 Å². The number of nitrogens with zero attached hydrogens (tertiary/aromatic N) is 1. The molecule has 3 rings (SSSR count). The molecular formula is C21H26N2O4S. The van der Waals surface area contributed by atoms with Crippen LogP contribution in [0.25, 0.3) is 0 Å². The van der Waals surface area contributed by atoms with Crippen molar-refractivity contribution in [2.24, 2.45) is 5.41 Å². The number of hydrogen-bond donors (Lipinski definition) is 1. The minimum absolute atomic E-state index is 0.0124. The third-order valence-electron chi connectivity index (χ3n) is 4.86. The lowest BCUT2D eigenvalue weighted by molar-refractivity contribution is -0.127. The third-order valence-corrected chi connectivity index (χ3v) is 6.10. The van der Waals surface area contributed by atoms with Crippen molar-refractivity contribution in [2.75, 3.05) is 22.8 Å². The summed E-state index contributed by atoms with van der Waals surface area (Å²) >= 11 is 0. The summed E-state index contributed by atoms with van der Waals surface area (Å²) in [6, 6.07) is 12.4. The lowest BCUT2D eigenvalue weighted by atomic mass is 9.93. The third kappa shape index (κ3) is 4.14. The van der Waals surface area contributed by atoms with E-state index >= 15 is 0 Å². The molecule has 0 saturated carbocycles. The highest BCUT2D eigenvalue weighted by Gasteiger charge is 2.37. The average Bonchev–Trinajstić information content (AvgIpc) is 2.71. The topological polar surface area (TPSA) is 75.7 Å². The Morgan fingerprint density at radius 1 is 1.18 bits per heavy atom. The molecule has 0 radical (unpaired) electrons. The number of carbonyl (C=O) groups is 1. The molecule has 0 aromatic heterocycles. The van der Waals surface area contributed by atoms with Crippen molar-refractivity contribution in [3.63, 3.8) is 0 Å². The molecule has 1 N–H and O–H groups in total. The zero-order valence-electron chi connectivity index (χ0n) is 16.7. The molecule has 2 aromatic carbocycles. The SMILES string of the molecule is CCN1C(=O)C(C)(C)COc2cc(NS(=O)(=O)Cc3ccccc3C)ccc21. The van der Waals surface area contributed by atoms with Gasteiger partial charge in [-0.3, -0.25) is 9.52 Å². The van der Waals surface area contributed by atoms with Gasteiger partial charge in [0.2, 0.25) is 15.9 Å². The van der Waals surface area contributed by atoms with Crippen molar-refractivity contribution in [1.29, 1.82) is 0 Å². The zero-order valence-corrected chi connectivity index (χ0v) is 17.5. The van der Waals surface area contributed by atoms with Gasteiger partial charge in [-0.2, -0.15) is 0 Å². The van der Waals surface area contributed by atoms with E-state index in [2.05, 4.69) is 4.72 Å². The van der Waals surface area contributed by atoms with Gasteiger partial charge in [0.05, 0.1) is 22.5 Å². The first kappa shape index (κ1) is 20.2. The minimum atomic E-state index is -3.58. The number of sulfonamides is 1. The summed E-state index contributed by atoms with van der Waals surface area (Å²) in [6.07, 6.45) is 0. The molecule has 7 heteroatoms. The highest BCUT2D eigenvalue weighted by molar-refractivity contribution is 7.91. The standard InChI is InChI=1S/C21H26N2O4S/c1-5-23-18-11-10-17(12-19(18)27-14-21(3,4)20(23)24)22-28(25,26)13-16-9-7-6-8-15(16)2/h6-12,22H,5,13-14H2,1-4H3. The second-order valence-electron chi connectivity index (χ2n) is 7.69. The summed E-state index contributed by atoms with van der Waals surface area (Å²) in [5.41, 5.74) is 2.10. The summed E-state index contributed by atoms with van der Waals surface area (Å²) in [5.74, 6) is 0.378. The summed E-state index contributed by atoms with van der Waals surface area (Å²) in [7, 11) is -3.58. The molecule has 0 bridgehead atoms. The summed E-state index contributed by atoms with van der Waals surface area (Å²) in [5, 5.41) is 0. The quantitative estimate of drug-likeness (QED) is 0.827. The van der Waals surface area contributed by atoms with Gasteiger partial charge in [-0.15, -0.1) is 0 Å². The molecule has 0 unspecified atom stereocenters. The molecule has 6 nitrogen and oxygen atoms in total. The van der Waals surface area contributed by atoms with Gasteiger partial charge < -0.3 is 9.64 Å². The Balaban J connectivity index is 1.87. The number of rotatable bonds is 5. The number of hydrogen-bond acceptors (Lipinski definition) is 4. The van der Waals surface area contributed by atoms with Crippen molar-refractivity contribution in [1.82, 2.24) is 0 Å². The van der Waals surface area contributed by atoms with E-state index in [4.69, 9.17) is 4.74 Å². The van der Waals surface area contributed by atoms with Gasteiger partial charge in [-0.1, -0.05) is 24.3 Å². The van der Waals surface area contributed by atoms with Crippen LogP contribution >= 0.6 is 0 Å². The summed E-state index contributed by atoms with van der Waals surface area (Å²) in [4.78, 5) is 14.4. The van der Waals surface area contributed by atoms with Gasteiger partial charge in [0.1, 0.15) is 12.4 Å². The number of anilines is 2. The van der Waals surface area contributed by atoms with E-state index in [1.54, 1.807) is 23.1 Å². The molecule has 150 valence electrons. The number of fused-ring (bicyclic) bond motifs is 1. The first-order valence-corrected chi connectivity index (χ1v) is 10.9. The molecule has 1 aliphatic rings. The lowest BCUT2D eigenvalue weighted by Gasteiger charge is -2.26. The largest absolute Gasteiger partial charge is 0.490 e. The second kappa shape index (κ2) is 7.47. The molecular weight excluding hydrogens is 376 g/mol. The molecule has 0 spiro atoms. The number of nitrogens with one attached hydrogen (secondary N) is 1. The molecule has 0 atom stereocenters. The normalized spacial score (nSPS) is 16.1. The molecule has 2 aromatic rings. The molecule has 0 aliphatic carbocycles. The number of aryl methyl sites for hydroxylation is 1. The average molecular weight is 403 g/mol. The van der Waals surface area contributed by atoms with Crippen LogP contribution in [0.4, 0.5) is 11.4 Å². The molecule has 1 aliphatic heterocycles. The van der Waals surface area contributed by atoms with Crippen LogP contribution in [0.2, 0.25) is 0 Å². The van der Waals surface area contributed by atoms with Gasteiger partial charge >= 0.3 is 0 Å². The van der Waals surface area contributed by atoms with Crippen LogP contribution in [-0.4, -0.2) is 27.5 Å². The van der Waals surface area contributed by atoms with Gasteiger partial charge in [0.15, 0.2) is 0 Å². The van der Waals surface area contributed by atoms with E-state index in [-0.39, 0.29) is 18.3 Å². The van der Waals surface area contributed by atoms with Crippen LogP contribution in [0.15, 0.2) is 42.5 Å². The number of ether oxygens (including phenoxy) is 1. The first-order valence-electron chi connectivity index (χ1n) is 9.27. The fourth-order valence-corrected chi connectivity index (χ4v) is 4.51. The predicted octanol–water partition coefficient (Wildman–Crippen LogP) is 3.71. The number of carbonyl (C=O) groups excluding carboxylic acids is 1. The van der Waals surface area contributed by atoms with E-state index < -0.39 is 15.4 Å². The van der Waals surface area contributed by atoms with Crippen LogP contribution in [0, 0.1) is 12.3 Å². The Morgan fingerprint density at radius 2 is 1.89 bits per heavy atom. The smallest absolute Gasteiger partial charge is 0.236 e. The van der Waals surface area contributed by atoms with Gasteiger partial charge in [-0.05, 0) is 51.0 Å². The van der Waals surface area contributed by atoms with Crippen LogP contribution in [0.1, 0.15) is 31.9 Å². The van der Waals surface area contributed by atoms with Crippen LogP contribution in [-0.2, 0) is 20.6 Å². The van der Waals surface area contributed by atoms with Gasteiger partial charge in [0, 0.05) is 12.6 Å². The fraction of sp³-hybridized carbons (Fsp3) is 0.381. The minimum Gasteiger partial charge on any atom is -0.490 e. The Bertz CT molecular complexity index is 999. The van der Waals surface area contributed by atoms with Crippen LogP contribution < -0.4 is 14.4 Å². The van der Waals surface area contributed by atoms with Crippen molar-refractivity contribution in [2.45, 2.75) is 33.4 Å². The van der Waals surface area contributed by atoms with Crippen molar-refractivity contribution in [3.05, 3.63) is 53.6 Å². The Kier molecular flexibility index (Phi) is 5.39. The molecule has 1 heterocycles. The van der Waals surface area contributed by atoms with E-state index in [1.165, 1.54) is 0 Å². The maximum atomic E-state index is 12.7. The second-order valence-corrected chi connectivity index (χ2v) is 9.41. The Labute approximate surface area is 166 Å². The highest BCUT2D eigenvalue weighted by atomic mass is 32.2. The van der Waals surface area contributed by atoms with Crippen molar-refractivity contribution in [3.8, 4) is 5.75 Å². The van der Waals surface area contributed by atoms with E-state index in [9.17, 15) is 13.2 Å². The lowest BCUT2D eigenvalue weighted by Crippen LogP contribution is -2.42. The van der Waals surface area contributed by atoms with Crippen LogP contribution in [0.5, 0.6) is 5.75 Å². The summed E-state index contributed by atoms with van der Waals surface area (Å²) in [6.45, 7) is 8.22. The zero-order chi connectivity index (χ0) is 20.5. The van der Waals surface area contributed by atoms with Crippen molar-refractivity contribution < 1.29 is 17.9 Å². The number of amides is 1. The van der Waals surface area contributed by atoms with E-state index in [1.807, 2.05) is 52.0 Å². The maximum Gasteiger partial charge on any atom is 0.236 e. The van der Waals surface area contributed by atoms with E-state index in [0.717, 1.165) is 11.1 Å². The monoisotopic (exact) mass is 402 g/mol.